The van der Waals surface area contributed by atoms with Crippen LogP contribution in [0.4, 0.5) is 11.4 Å². The minimum Gasteiger partial charge on any atom is -0.493 e. The molecule has 174 valence electrons. The van der Waals surface area contributed by atoms with E-state index in [4.69, 9.17) is 9.47 Å². The lowest BCUT2D eigenvalue weighted by Gasteiger charge is -2.13. The van der Waals surface area contributed by atoms with Crippen LogP contribution in [0.3, 0.4) is 0 Å². The largest absolute Gasteiger partial charge is 0.493 e. The Kier molecular flexibility index (Phi) is 7.06. The van der Waals surface area contributed by atoms with Gasteiger partial charge in [-0.3, -0.25) is 20.2 Å². The van der Waals surface area contributed by atoms with E-state index in [0.29, 0.717) is 16.9 Å². The Balaban J connectivity index is 1.88. The van der Waals surface area contributed by atoms with Gasteiger partial charge in [-0.25, -0.2) is 4.79 Å². The molecule has 3 aromatic carbocycles. The summed E-state index contributed by atoms with van der Waals surface area (Å²) in [6.07, 6.45) is 3.07. The number of carbonyl (C=O) groups is 1. The van der Waals surface area contributed by atoms with E-state index in [2.05, 4.69) is 0 Å². The van der Waals surface area contributed by atoms with E-state index in [1.54, 1.807) is 24.3 Å². The van der Waals surface area contributed by atoms with Gasteiger partial charge in [0.05, 0.1) is 34.1 Å². The van der Waals surface area contributed by atoms with Crippen molar-refractivity contribution in [3.05, 3.63) is 102 Å². The molecule has 0 heterocycles. The standard InChI is InChI=1S/C25H22N2O7/c1-15-11-16(2)24(17(3)12-15)25(28)34-22-10-6-18(13-23(22)33-4)5-7-19-8-9-20(26(29)30)14-21(19)27(31)32/h5-14H,1-4H3/b7-5+. The van der Waals surface area contributed by atoms with Crippen LogP contribution in [0.2, 0.25) is 0 Å². The molecule has 3 aromatic rings. The highest BCUT2D eigenvalue weighted by Gasteiger charge is 2.19. The van der Waals surface area contributed by atoms with Crippen LogP contribution in [-0.4, -0.2) is 22.9 Å². The predicted molar refractivity (Wildman–Crippen MR) is 127 cm³/mol. The SMILES string of the molecule is COc1cc(/C=C/c2ccc([N+](=O)[O-])cc2[N+](=O)[O-])ccc1OC(=O)c1c(C)cc(C)cc1C. The Hall–Kier alpha value is -4.53. The van der Waals surface area contributed by atoms with Crippen LogP contribution in [-0.2, 0) is 0 Å². The summed E-state index contributed by atoms with van der Waals surface area (Å²) in [5, 5.41) is 22.2. The lowest BCUT2D eigenvalue weighted by atomic mass is 10.00. The molecule has 0 aromatic heterocycles. The third-order valence-corrected chi connectivity index (χ3v) is 5.15. The Morgan fingerprint density at radius 2 is 1.53 bits per heavy atom. The molecule has 0 saturated carbocycles. The first kappa shape index (κ1) is 24.1. The summed E-state index contributed by atoms with van der Waals surface area (Å²) in [5.74, 6) is 0.0274. The quantitative estimate of drug-likeness (QED) is 0.142. The average molecular weight is 462 g/mol. The highest BCUT2D eigenvalue weighted by atomic mass is 16.6. The number of carbonyl (C=O) groups excluding carboxylic acids is 1. The van der Waals surface area contributed by atoms with Crippen molar-refractivity contribution in [2.75, 3.05) is 7.11 Å². The van der Waals surface area contributed by atoms with Gasteiger partial charge in [0.25, 0.3) is 11.4 Å². The van der Waals surface area contributed by atoms with Gasteiger partial charge < -0.3 is 9.47 Å². The fourth-order valence-electron chi connectivity index (χ4n) is 3.66. The van der Waals surface area contributed by atoms with Crippen molar-refractivity contribution in [3.8, 4) is 11.5 Å². The summed E-state index contributed by atoms with van der Waals surface area (Å²) < 4.78 is 11.0. The molecule has 0 aliphatic heterocycles. The molecule has 0 aliphatic carbocycles. The molecule has 0 atom stereocenters. The van der Waals surface area contributed by atoms with E-state index in [9.17, 15) is 25.0 Å². The maximum absolute atomic E-state index is 12.8. The number of hydrogen-bond donors (Lipinski definition) is 0. The second kappa shape index (κ2) is 9.95. The Bertz CT molecular complexity index is 1310. The summed E-state index contributed by atoms with van der Waals surface area (Å²) in [4.78, 5) is 33.7. The third kappa shape index (κ3) is 5.26. The Labute approximate surface area is 195 Å². The monoisotopic (exact) mass is 462 g/mol. The normalized spacial score (nSPS) is 10.8. The number of aryl methyl sites for hydroxylation is 3. The van der Waals surface area contributed by atoms with E-state index in [0.717, 1.165) is 22.8 Å². The number of nitro benzene ring substituents is 2. The van der Waals surface area contributed by atoms with Crippen molar-refractivity contribution < 1.29 is 24.1 Å². The summed E-state index contributed by atoms with van der Waals surface area (Å²) >= 11 is 0. The molecule has 0 fully saturated rings. The molecule has 34 heavy (non-hydrogen) atoms. The molecular formula is C25H22N2O7. The molecule has 0 saturated heterocycles. The number of nitro groups is 2. The number of non-ortho nitro benzene ring substituents is 1. The molecule has 9 nitrogen and oxygen atoms in total. The van der Waals surface area contributed by atoms with E-state index in [1.807, 2.05) is 32.9 Å². The van der Waals surface area contributed by atoms with Gasteiger partial charge in [-0.05, 0) is 61.7 Å². The Morgan fingerprint density at radius 3 is 2.12 bits per heavy atom. The minimum absolute atomic E-state index is 0.204. The van der Waals surface area contributed by atoms with Gasteiger partial charge in [0.2, 0.25) is 0 Å². The van der Waals surface area contributed by atoms with E-state index < -0.39 is 15.8 Å². The van der Waals surface area contributed by atoms with E-state index in [1.165, 1.54) is 25.3 Å². The highest BCUT2D eigenvalue weighted by molar-refractivity contribution is 5.94. The molecule has 0 N–H and O–H groups in total. The fraction of sp³-hybridized carbons (Fsp3) is 0.160. The van der Waals surface area contributed by atoms with Gasteiger partial charge in [-0.15, -0.1) is 0 Å². The lowest BCUT2D eigenvalue weighted by molar-refractivity contribution is -0.394. The molecule has 0 bridgehead atoms. The van der Waals surface area contributed by atoms with Crippen molar-refractivity contribution in [1.82, 2.24) is 0 Å². The van der Waals surface area contributed by atoms with Crippen LogP contribution >= 0.6 is 0 Å². The number of esters is 1. The van der Waals surface area contributed by atoms with Crippen LogP contribution in [0.1, 0.15) is 38.2 Å². The molecule has 3 rings (SSSR count). The van der Waals surface area contributed by atoms with Crippen molar-refractivity contribution in [2.45, 2.75) is 20.8 Å². The van der Waals surface area contributed by atoms with Gasteiger partial charge in [-0.1, -0.05) is 29.8 Å². The summed E-state index contributed by atoms with van der Waals surface area (Å²) in [6.45, 7) is 5.65. The van der Waals surface area contributed by atoms with Crippen molar-refractivity contribution in [1.29, 1.82) is 0 Å². The van der Waals surface area contributed by atoms with Crippen LogP contribution < -0.4 is 9.47 Å². The number of hydrogen-bond acceptors (Lipinski definition) is 7. The maximum atomic E-state index is 12.8. The van der Waals surface area contributed by atoms with Gasteiger partial charge in [0.1, 0.15) is 0 Å². The average Bonchev–Trinajstić information content (AvgIpc) is 2.77. The summed E-state index contributed by atoms with van der Waals surface area (Å²) in [7, 11) is 1.43. The Morgan fingerprint density at radius 1 is 0.853 bits per heavy atom. The summed E-state index contributed by atoms with van der Waals surface area (Å²) in [6, 6.07) is 12.1. The first-order chi connectivity index (χ1) is 16.1. The molecule has 0 spiro atoms. The zero-order valence-corrected chi connectivity index (χ0v) is 19.0. The topological polar surface area (TPSA) is 122 Å². The first-order valence-corrected chi connectivity index (χ1v) is 10.2. The summed E-state index contributed by atoms with van der Waals surface area (Å²) in [5.41, 5.74) is 3.23. The molecule has 0 unspecified atom stereocenters. The van der Waals surface area contributed by atoms with Crippen molar-refractivity contribution in [3.63, 3.8) is 0 Å². The second-order valence-electron chi connectivity index (χ2n) is 7.66. The maximum Gasteiger partial charge on any atom is 0.344 e. The van der Waals surface area contributed by atoms with Crippen LogP contribution in [0.25, 0.3) is 12.2 Å². The number of ether oxygens (including phenoxy) is 2. The molecule has 9 heteroatoms. The van der Waals surface area contributed by atoms with Gasteiger partial charge in [0, 0.05) is 6.07 Å². The third-order valence-electron chi connectivity index (χ3n) is 5.15. The smallest absolute Gasteiger partial charge is 0.344 e. The van der Waals surface area contributed by atoms with Crippen molar-refractivity contribution >= 4 is 29.5 Å². The second-order valence-corrected chi connectivity index (χ2v) is 7.66. The van der Waals surface area contributed by atoms with E-state index in [-0.39, 0.29) is 22.7 Å². The van der Waals surface area contributed by atoms with Gasteiger partial charge >= 0.3 is 5.97 Å². The number of benzene rings is 3. The van der Waals surface area contributed by atoms with Crippen LogP contribution in [0.5, 0.6) is 11.5 Å². The number of nitrogens with zero attached hydrogens (tertiary/aromatic N) is 2. The van der Waals surface area contributed by atoms with Crippen LogP contribution in [0, 0.1) is 41.0 Å². The fourth-order valence-corrected chi connectivity index (χ4v) is 3.66. The minimum atomic E-state index is -0.690. The zero-order chi connectivity index (χ0) is 25.0. The van der Waals surface area contributed by atoms with Crippen LogP contribution in [0.15, 0.2) is 48.5 Å². The molecular weight excluding hydrogens is 440 g/mol. The van der Waals surface area contributed by atoms with Gasteiger partial charge in [0.15, 0.2) is 11.5 Å². The molecule has 0 aliphatic rings. The highest BCUT2D eigenvalue weighted by Crippen LogP contribution is 2.31. The number of methoxy groups -OCH3 is 1. The predicted octanol–water partition coefficient (Wildman–Crippen LogP) is 5.83. The first-order valence-electron chi connectivity index (χ1n) is 10.2. The zero-order valence-electron chi connectivity index (χ0n) is 19.0. The lowest BCUT2D eigenvalue weighted by Crippen LogP contribution is -2.13. The molecule has 0 amide bonds. The van der Waals surface area contributed by atoms with E-state index >= 15 is 0 Å². The van der Waals surface area contributed by atoms with Crippen molar-refractivity contribution in [2.24, 2.45) is 0 Å². The van der Waals surface area contributed by atoms with Gasteiger partial charge in [-0.2, -0.15) is 0 Å². The molecule has 0 radical (unpaired) electrons. The number of rotatable bonds is 7.